The number of hydrogen-bond acceptors (Lipinski definition) is 1. The predicted molar refractivity (Wildman–Crippen MR) is 145 cm³/mol. The lowest BCUT2D eigenvalue weighted by molar-refractivity contribution is -0.144. The first-order valence-electron chi connectivity index (χ1n) is 12.7. The van der Waals surface area contributed by atoms with Gasteiger partial charge in [0.15, 0.2) is 0 Å². The van der Waals surface area contributed by atoms with Gasteiger partial charge in [-0.1, -0.05) is 42.0 Å². The maximum Gasteiger partial charge on any atom is 0.416 e. The summed E-state index contributed by atoms with van der Waals surface area (Å²) in [6, 6.07) is 8.07. The van der Waals surface area contributed by atoms with Crippen LogP contribution in [0.1, 0.15) is 27.8 Å². The summed E-state index contributed by atoms with van der Waals surface area (Å²) in [6.45, 7) is 0. The Labute approximate surface area is 245 Å². The first-order chi connectivity index (χ1) is 20.2. The predicted octanol–water partition coefficient (Wildman–Crippen LogP) is 9.37. The van der Waals surface area contributed by atoms with E-state index in [1.165, 1.54) is 18.2 Å². The van der Waals surface area contributed by atoms with Crippen molar-refractivity contribution in [3.63, 3.8) is 0 Å². The average Bonchev–Trinajstić information content (AvgIpc) is 3.34. The van der Waals surface area contributed by atoms with E-state index in [4.69, 9.17) is 0 Å². The minimum absolute atomic E-state index is 0.0705. The number of halogens is 12. The lowest BCUT2D eigenvalue weighted by Crippen LogP contribution is -2.27. The van der Waals surface area contributed by atoms with E-state index in [9.17, 15) is 52.7 Å². The number of rotatable bonds is 6. The molecule has 0 aromatic heterocycles. The molecule has 1 atom stereocenters. The molecule has 0 fully saturated rings. The van der Waals surface area contributed by atoms with Crippen LogP contribution >= 0.6 is 7.92 Å². The SMILES string of the molecule is CN(C)c1ccccc1CC1=CC=CC1P(c1cc(C(F)(F)F)cc(C(F)(F)F)c1)c1cc(C(F)(F)F)cc(C(F)(F)F)c1. The molecular weight excluding hydrogens is 633 g/mol. The zero-order chi connectivity index (χ0) is 32.8. The Balaban J connectivity index is 2.01. The highest BCUT2D eigenvalue weighted by Crippen LogP contribution is 2.50. The monoisotopic (exact) mass is 655 g/mol. The summed E-state index contributed by atoms with van der Waals surface area (Å²) >= 11 is 0. The van der Waals surface area contributed by atoms with Gasteiger partial charge in [0.2, 0.25) is 0 Å². The molecule has 1 aliphatic carbocycles. The van der Waals surface area contributed by atoms with Crippen LogP contribution in [0.5, 0.6) is 0 Å². The summed E-state index contributed by atoms with van der Waals surface area (Å²) in [6.07, 6.45) is -16.8. The Hall–Kier alpha value is -3.47. The summed E-state index contributed by atoms with van der Waals surface area (Å²) in [5.41, 5.74) is -6.29. The molecule has 3 aromatic carbocycles. The average molecular weight is 655 g/mol. The molecule has 0 radical (unpaired) electrons. The Morgan fingerprint density at radius 2 is 1.02 bits per heavy atom. The number of allylic oxidation sites excluding steroid dienone is 4. The van der Waals surface area contributed by atoms with Crippen LogP contribution < -0.4 is 15.5 Å². The highest BCUT2D eigenvalue weighted by Gasteiger charge is 2.41. The molecular formula is C30H22F12NP. The van der Waals surface area contributed by atoms with E-state index in [0.29, 0.717) is 41.1 Å². The van der Waals surface area contributed by atoms with Gasteiger partial charge in [0.25, 0.3) is 0 Å². The van der Waals surface area contributed by atoms with Crippen LogP contribution in [0, 0.1) is 0 Å². The molecule has 0 aliphatic heterocycles. The zero-order valence-electron chi connectivity index (χ0n) is 22.7. The summed E-state index contributed by atoms with van der Waals surface area (Å²) in [4.78, 5) is 1.75. The van der Waals surface area contributed by atoms with Gasteiger partial charge < -0.3 is 4.90 Å². The Morgan fingerprint density at radius 3 is 1.41 bits per heavy atom. The van der Waals surface area contributed by atoms with E-state index < -0.39 is 71.1 Å². The van der Waals surface area contributed by atoms with Gasteiger partial charge in [-0.15, -0.1) is 0 Å². The van der Waals surface area contributed by atoms with E-state index in [1.54, 1.807) is 43.3 Å². The van der Waals surface area contributed by atoms with Gasteiger partial charge in [0, 0.05) is 25.4 Å². The van der Waals surface area contributed by atoms with Gasteiger partial charge in [0.1, 0.15) is 0 Å². The van der Waals surface area contributed by atoms with Gasteiger partial charge in [-0.25, -0.2) is 0 Å². The lowest BCUT2D eigenvalue weighted by Gasteiger charge is -2.30. The molecule has 44 heavy (non-hydrogen) atoms. The van der Waals surface area contributed by atoms with Crippen LogP contribution in [0.4, 0.5) is 58.4 Å². The Kier molecular flexibility index (Phi) is 8.96. The van der Waals surface area contributed by atoms with Crippen LogP contribution in [0.2, 0.25) is 0 Å². The van der Waals surface area contributed by atoms with Gasteiger partial charge in [-0.3, -0.25) is 0 Å². The highest BCUT2D eigenvalue weighted by molar-refractivity contribution is 7.74. The van der Waals surface area contributed by atoms with Crippen LogP contribution in [0.25, 0.3) is 0 Å². The van der Waals surface area contributed by atoms with E-state index in [0.717, 1.165) is 0 Å². The topological polar surface area (TPSA) is 3.24 Å². The van der Waals surface area contributed by atoms with Crippen molar-refractivity contribution in [3.8, 4) is 0 Å². The smallest absolute Gasteiger partial charge is 0.377 e. The minimum Gasteiger partial charge on any atom is -0.377 e. The number of para-hydroxylation sites is 1. The maximum absolute atomic E-state index is 13.8. The molecule has 14 heteroatoms. The molecule has 0 amide bonds. The fraction of sp³-hybridized carbons (Fsp3) is 0.267. The van der Waals surface area contributed by atoms with Crippen LogP contribution in [0.15, 0.2) is 84.5 Å². The second kappa shape index (κ2) is 11.8. The van der Waals surface area contributed by atoms with E-state index in [2.05, 4.69) is 0 Å². The molecule has 0 bridgehead atoms. The van der Waals surface area contributed by atoms with Gasteiger partial charge >= 0.3 is 24.7 Å². The minimum atomic E-state index is -5.29. The largest absolute Gasteiger partial charge is 0.416 e. The number of hydrogen-bond donors (Lipinski definition) is 0. The molecule has 0 saturated carbocycles. The standard InChI is InChI=1S/C30H22F12NP/c1-43(2)25-8-4-3-6-17(25)10-18-7-5-9-26(18)44(23-13-19(27(31,32)33)11-20(14-23)28(34,35)36)24-15-21(29(37,38)39)12-22(16-24)30(40,41)42/h3-9,11-16,26H,10H2,1-2H3. The molecule has 236 valence electrons. The quantitative estimate of drug-likeness (QED) is 0.189. The van der Waals surface area contributed by atoms with E-state index >= 15 is 0 Å². The number of nitrogens with zero attached hydrogens (tertiary/aromatic N) is 1. The Morgan fingerprint density at radius 1 is 0.614 bits per heavy atom. The van der Waals surface area contributed by atoms with Crippen molar-refractivity contribution < 1.29 is 52.7 Å². The molecule has 3 aromatic rings. The molecule has 4 rings (SSSR count). The summed E-state index contributed by atoms with van der Waals surface area (Å²) < 4.78 is 166. The summed E-state index contributed by atoms with van der Waals surface area (Å²) in [7, 11) is 0.724. The van der Waals surface area contributed by atoms with Crippen molar-refractivity contribution in [2.75, 3.05) is 19.0 Å². The van der Waals surface area contributed by atoms with E-state index in [1.807, 2.05) is 0 Å². The van der Waals surface area contributed by atoms with Gasteiger partial charge in [-0.2, -0.15) is 52.7 Å². The van der Waals surface area contributed by atoms with Crippen molar-refractivity contribution in [1.29, 1.82) is 0 Å². The summed E-state index contributed by atoms with van der Waals surface area (Å²) in [5, 5.41) is -1.36. The van der Waals surface area contributed by atoms with Crippen molar-refractivity contribution >= 4 is 24.2 Å². The fourth-order valence-electron chi connectivity index (χ4n) is 4.86. The summed E-state index contributed by atoms with van der Waals surface area (Å²) in [5.74, 6) is 0. The normalized spacial score (nSPS) is 16.1. The van der Waals surface area contributed by atoms with Crippen LogP contribution in [-0.4, -0.2) is 19.8 Å². The van der Waals surface area contributed by atoms with Crippen molar-refractivity contribution in [3.05, 3.63) is 112 Å². The van der Waals surface area contributed by atoms with Crippen molar-refractivity contribution in [2.45, 2.75) is 36.8 Å². The van der Waals surface area contributed by atoms with Crippen molar-refractivity contribution in [1.82, 2.24) is 0 Å². The molecule has 1 unspecified atom stereocenters. The number of anilines is 1. The third-order valence-corrected chi connectivity index (χ3v) is 9.52. The fourth-order valence-corrected chi connectivity index (χ4v) is 7.70. The van der Waals surface area contributed by atoms with Crippen LogP contribution in [0.3, 0.4) is 0 Å². The first kappa shape index (κ1) is 33.4. The van der Waals surface area contributed by atoms with Crippen molar-refractivity contribution in [2.24, 2.45) is 0 Å². The van der Waals surface area contributed by atoms with Gasteiger partial charge in [-0.05, 0) is 73.0 Å². The third kappa shape index (κ3) is 7.42. The number of benzene rings is 3. The molecule has 1 nitrogen and oxygen atoms in total. The maximum atomic E-state index is 13.8. The third-order valence-electron chi connectivity index (χ3n) is 6.83. The van der Waals surface area contributed by atoms with Gasteiger partial charge in [0.05, 0.1) is 22.3 Å². The molecule has 0 spiro atoms. The molecule has 0 saturated heterocycles. The highest BCUT2D eigenvalue weighted by atomic mass is 31.1. The molecule has 0 N–H and O–H groups in total. The first-order valence-corrected chi connectivity index (χ1v) is 14.1. The second-order valence-corrected chi connectivity index (χ2v) is 12.5. The molecule has 0 heterocycles. The second-order valence-electron chi connectivity index (χ2n) is 10.2. The molecule has 1 aliphatic rings. The number of alkyl halides is 12. The lowest BCUT2D eigenvalue weighted by atomic mass is 10.0. The van der Waals surface area contributed by atoms with Crippen LogP contribution in [-0.2, 0) is 31.1 Å². The zero-order valence-corrected chi connectivity index (χ0v) is 23.6. The Bertz CT molecular complexity index is 1440. The van der Waals surface area contributed by atoms with E-state index in [-0.39, 0.29) is 18.6 Å².